The predicted molar refractivity (Wildman–Crippen MR) is 81.8 cm³/mol. The second-order valence-electron chi connectivity index (χ2n) is 4.27. The summed E-state index contributed by atoms with van der Waals surface area (Å²) in [4.78, 5) is 12.0. The highest BCUT2D eigenvalue weighted by Gasteiger charge is 2.19. The standard InChI is InChI=1S/C13H13F2N3O2S2/c1-7(22-13-18-17-11(20-13)6-21-2)12(19)16-10-4-3-8(14)5-9(10)15/h3-5,7H,6H2,1-2H3,(H,16,19). The number of nitrogens with zero attached hydrogens (tertiary/aromatic N) is 2. The zero-order chi connectivity index (χ0) is 16.1. The van der Waals surface area contributed by atoms with Gasteiger partial charge < -0.3 is 9.73 Å². The first-order chi connectivity index (χ1) is 10.5. The SMILES string of the molecule is CSCc1nnc(SC(C)C(=O)Nc2ccc(F)cc2F)o1. The van der Waals surface area contributed by atoms with Crippen molar-refractivity contribution in [2.24, 2.45) is 0 Å². The lowest BCUT2D eigenvalue weighted by atomic mass is 10.3. The fourth-order valence-corrected chi connectivity index (χ4v) is 2.56. The number of rotatable bonds is 6. The molecule has 118 valence electrons. The van der Waals surface area contributed by atoms with Crippen LogP contribution in [0.1, 0.15) is 12.8 Å². The molecule has 2 rings (SSSR count). The first-order valence-electron chi connectivity index (χ1n) is 6.23. The Bertz CT molecular complexity index is 666. The van der Waals surface area contributed by atoms with Gasteiger partial charge in [0, 0.05) is 6.07 Å². The number of thioether (sulfide) groups is 2. The summed E-state index contributed by atoms with van der Waals surface area (Å²) < 4.78 is 31.6. The van der Waals surface area contributed by atoms with Gasteiger partial charge in [-0.15, -0.1) is 10.2 Å². The fraction of sp³-hybridized carbons (Fsp3) is 0.308. The van der Waals surface area contributed by atoms with Gasteiger partial charge in [-0.05, 0) is 25.3 Å². The molecule has 0 aliphatic carbocycles. The van der Waals surface area contributed by atoms with Gasteiger partial charge in [0.15, 0.2) is 0 Å². The summed E-state index contributed by atoms with van der Waals surface area (Å²) in [5.74, 6) is -0.905. The quantitative estimate of drug-likeness (QED) is 0.810. The molecular formula is C13H13F2N3O2S2. The number of hydrogen-bond acceptors (Lipinski definition) is 6. The highest BCUT2D eigenvalue weighted by atomic mass is 32.2. The summed E-state index contributed by atoms with van der Waals surface area (Å²) in [6, 6.07) is 2.95. The Balaban J connectivity index is 1.96. The number of halogens is 2. The molecule has 0 saturated carbocycles. The molecule has 1 aromatic heterocycles. The molecule has 1 N–H and O–H groups in total. The lowest BCUT2D eigenvalue weighted by molar-refractivity contribution is -0.115. The molecule has 9 heteroatoms. The number of nitrogens with one attached hydrogen (secondary N) is 1. The smallest absolute Gasteiger partial charge is 0.277 e. The molecule has 0 bridgehead atoms. The van der Waals surface area contributed by atoms with Crippen LogP contribution in [0.2, 0.25) is 0 Å². The van der Waals surface area contributed by atoms with Gasteiger partial charge in [0.05, 0.1) is 16.7 Å². The van der Waals surface area contributed by atoms with Crippen LogP contribution in [-0.2, 0) is 10.5 Å². The van der Waals surface area contributed by atoms with E-state index in [4.69, 9.17) is 4.42 Å². The lowest BCUT2D eigenvalue weighted by Crippen LogP contribution is -2.23. The van der Waals surface area contributed by atoms with Crippen LogP contribution in [0, 0.1) is 11.6 Å². The minimum Gasteiger partial charge on any atom is -0.415 e. The second kappa shape index (κ2) is 7.59. The molecular weight excluding hydrogens is 332 g/mol. The van der Waals surface area contributed by atoms with Crippen LogP contribution < -0.4 is 5.32 Å². The molecule has 22 heavy (non-hydrogen) atoms. The third-order valence-corrected chi connectivity index (χ3v) is 4.02. The molecule has 2 aromatic rings. The van der Waals surface area contributed by atoms with E-state index in [1.807, 2.05) is 6.26 Å². The van der Waals surface area contributed by atoms with Crippen LogP contribution in [0.3, 0.4) is 0 Å². The highest BCUT2D eigenvalue weighted by Crippen LogP contribution is 2.24. The number of aromatic nitrogens is 2. The number of hydrogen-bond donors (Lipinski definition) is 1. The topological polar surface area (TPSA) is 68.0 Å². The van der Waals surface area contributed by atoms with E-state index in [1.54, 1.807) is 18.7 Å². The van der Waals surface area contributed by atoms with Crippen LogP contribution in [0.15, 0.2) is 27.8 Å². The fourth-order valence-electron chi connectivity index (χ4n) is 1.50. The van der Waals surface area contributed by atoms with E-state index in [2.05, 4.69) is 15.5 Å². The number of carbonyl (C=O) groups is 1. The number of carbonyl (C=O) groups excluding carboxylic acids is 1. The molecule has 0 spiro atoms. The molecule has 1 amide bonds. The molecule has 0 aliphatic heterocycles. The Hall–Kier alpha value is -1.61. The highest BCUT2D eigenvalue weighted by molar-refractivity contribution is 8.00. The van der Waals surface area contributed by atoms with Crippen molar-refractivity contribution in [1.82, 2.24) is 10.2 Å². The van der Waals surface area contributed by atoms with Crippen LogP contribution in [0.25, 0.3) is 0 Å². The van der Waals surface area contributed by atoms with Crippen LogP contribution >= 0.6 is 23.5 Å². The first-order valence-corrected chi connectivity index (χ1v) is 8.51. The van der Waals surface area contributed by atoms with E-state index < -0.39 is 22.8 Å². The summed E-state index contributed by atoms with van der Waals surface area (Å²) in [5.41, 5.74) is -0.0764. The van der Waals surface area contributed by atoms with E-state index in [1.165, 1.54) is 6.07 Å². The average molecular weight is 345 g/mol. The van der Waals surface area contributed by atoms with Gasteiger partial charge in [0.1, 0.15) is 11.6 Å². The summed E-state index contributed by atoms with van der Waals surface area (Å²) in [6.45, 7) is 1.62. The molecule has 5 nitrogen and oxygen atoms in total. The molecule has 0 aliphatic rings. The van der Waals surface area contributed by atoms with E-state index >= 15 is 0 Å². The minimum atomic E-state index is -0.828. The van der Waals surface area contributed by atoms with Crippen molar-refractivity contribution in [2.75, 3.05) is 11.6 Å². The van der Waals surface area contributed by atoms with Gasteiger partial charge in [0.25, 0.3) is 5.22 Å². The molecule has 1 atom stereocenters. The van der Waals surface area contributed by atoms with E-state index in [0.717, 1.165) is 17.8 Å². The maximum absolute atomic E-state index is 13.5. The van der Waals surface area contributed by atoms with E-state index in [9.17, 15) is 13.6 Å². The van der Waals surface area contributed by atoms with E-state index in [-0.39, 0.29) is 10.9 Å². The van der Waals surface area contributed by atoms with Crippen molar-refractivity contribution in [3.63, 3.8) is 0 Å². The molecule has 0 saturated heterocycles. The third kappa shape index (κ3) is 4.44. The molecule has 0 radical (unpaired) electrons. The summed E-state index contributed by atoms with van der Waals surface area (Å²) >= 11 is 2.61. The molecule has 0 fully saturated rings. The zero-order valence-corrected chi connectivity index (χ0v) is 13.4. The third-order valence-electron chi connectivity index (χ3n) is 2.55. The summed E-state index contributed by atoms with van der Waals surface area (Å²) in [6.07, 6.45) is 1.91. The van der Waals surface area contributed by atoms with Gasteiger partial charge in [-0.1, -0.05) is 11.8 Å². The van der Waals surface area contributed by atoms with Crippen molar-refractivity contribution in [3.8, 4) is 0 Å². The maximum Gasteiger partial charge on any atom is 0.277 e. The number of benzene rings is 1. The summed E-state index contributed by atoms with van der Waals surface area (Å²) in [5, 5.41) is 9.74. The molecule has 1 aromatic carbocycles. The zero-order valence-electron chi connectivity index (χ0n) is 11.8. The van der Waals surface area contributed by atoms with Gasteiger partial charge >= 0.3 is 0 Å². The van der Waals surface area contributed by atoms with Crippen LogP contribution in [-0.4, -0.2) is 27.6 Å². The Kier molecular flexibility index (Phi) is 5.78. The van der Waals surface area contributed by atoms with Crippen molar-refractivity contribution < 1.29 is 18.0 Å². The average Bonchev–Trinajstić information content (AvgIpc) is 2.89. The Labute approximate surface area is 134 Å². The van der Waals surface area contributed by atoms with Gasteiger partial charge in [-0.3, -0.25) is 4.79 Å². The molecule has 1 heterocycles. The monoisotopic (exact) mass is 345 g/mol. The van der Waals surface area contributed by atoms with Crippen LogP contribution in [0.5, 0.6) is 0 Å². The Morgan fingerprint density at radius 1 is 1.41 bits per heavy atom. The van der Waals surface area contributed by atoms with Crippen molar-refractivity contribution in [1.29, 1.82) is 0 Å². The predicted octanol–water partition coefficient (Wildman–Crippen LogP) is 3.33. The number of anilines is 1. The van der Waals surface area contributed by atoms with Gasteiger partial charge in [-0.25, -0.2) is 8.78 Å². The minimum absolute atomic E-state index is 0.0764. The normalized spacial score (nSPS) is 12.2. The number of amides is 1. The second-order valence-corrected chi connectivity index (χ2v) is 6.43. The molecule has 1 unspecified atom stereocenters. The first kappa shape index (κ1) is 16.8. The Morgan fingerprint density at radius 2 is 2.18 bits per heavy atom. The van der Waals surface area contributed by atoms with Crippen molar-refractivity contribution >= 4 is 35.1 Å². The largest absolute Gasteiger partial charge is 0.415 e. The Morgan fingerprint density at radius 3 is 2.86 bits per heavy atom. The van der Waals surface area contributed by atoms with Crippen LogP contribution in [0.4, 0.5) is 14.5 Å². The summed E-state index contributed by atoms with van der Waals surface area (Å²) in [7, 11) is 0. The van der Waals surface area contributed by atoms with Crippen molar-refractivity contribution in [3.05, 3.63) is 35.7 Å². The lowest BCUT2D eigenvalue weighted by Gasteiger charge is -2.10. The van der Waals surface area contributed by atoms with Gasteiger partial charge in [0.2, 0.25) is 11.8 Å². The van der Waals surface area contributed by atoms with Gasteiger partial charge in [-0.2, -0.15) is 11.8 Å². The van der Waals surface area contributed by atoms with Crippen molar-refractivity contribution in [2.45, 2.75) is 23.1 Å². The van der Waals surface area contributed by atoms with E-state index in [0.29, 0.717) is 17.7 Å². The maximum atomic E-state index is 13.5.